The molecular weight excluding hydrogens is 264 g/mol. The molecule has 0 aliphatic heterocycles. The van der Waals surface area contributed by atoms with E-state index >= 15 is 0 Å². The predicted molar refractivity (Wildman–Crippen MR) is 71.7 cm³/mol. The Morgan fingerprint density at radius 2 is 2.11 bits per heavy atom. The largest absolute Gasteiger partial charge is 0.507 e. The molecule has 0 saturated carbocycles. The average molecular weight is 273 g/mol. The van der Waals surface area contributed by atoms with E-state index in [9.17, 15) is 9.90 Å². The third kappa shape index (κ3) is 1.96. The van der Waals surface area contributed by atoms with Crippen LogP contribution in [0.4, 0.5) is 0 Å². The molecule has 3 rings (SSSR count). The van der Waals surface area contributed by atoms with E-state index < -0.39 is 0 Å². The number of benzene rings is 1. The van der Waals surface area contributed by atoms with E-state index in [4.69, 9.17) is 11.6 Å². The molecule has 0 saturated heterocycles. The average Bonchev–Trinajstić information content (AvgIpc) is 2.84. The van der Waals surface area contributed by atoms with Crippen molar-refractivity contribution in [3.05, 3.63) is 65.1 Å². The van der Waals surface area contributed by atoms with Gasteiger partial charge in [0.05, 0.1) is 11.8 Å². The monoisotopic (exact) mass is 272 g/mol. The normalized spacial score (nSPS) is 10.8. The summed E-state index contributed by atoms with van der Waals surface area (Å²) in [5.74, 6) is -0.418. The quantitative estimate of drug-likeness (QED) is 0.730. The van der Waals surface area contributed by atoms with Crippen molar-refractivity contribution >= 4 is 23.0 Å². The second kappa shape index (κ2) is 4.40. The van der Waals surface area contributed by atoms with Gasteiger partial charge in [-0.2, -0.15) is 0 Å². The highest BCUT2D eigenvalue weighted by molar-refractivity contribution is 6.31. The van der Waals surface area contributed by atoms with E-state index in [1.54, 1.807) is 16.7 Å². The molecule has 4 nitrogen and oxygen atoms in total. The van der Waals surface area contributed by atoms with Gasteiger partial charge in [-0.15, -0.1) is 0 Å². The molecule has 94 valence electrons. The second-order valence-electron chi connectivity index (χ2n) is 4.06. The van der Waals surface area contributed by atoms with E-state index in [1.165, 1.54) is 24.4 Å². The number of carbonyl (C=O) groups is 1. The molecule has 0 radical (unpaired) electrons. The van der Waals surface area contributed by atoms with Crippen LogP contribution in [0.15, 0.2) is 48.8 Å². The van der Waals surface area contributed by atoms with E-state index in [0.29, 0.717) is 16.4 Å². The third-order valence-corrected chi connectivity index (χ3v) is 3.09. The fourth-order valence-electron chi connectivity index (χ4n) is 1.93. The Labute approximate surface area is 113 Å². The van der Waals surface area contributed by atoms with Crippen LogP contribution in [0.1, 0.15) is 16.1 Å². The number of aromatic nitrogens is 2. The number of fused-ring (bicyclic) bond motifs is 1. The summed E-state index contributed by atoms with van der Waals surface area (Å²) >= 11 is 5.85. The highest BCUT2D eigenvalue weighted by Gasteiger charge is 2.17. The predicted octanol–water partition coefficient (Wildman–Crippen LogP) is 2.92. The molecule has 0 atom stereocenters. The number of aromatic hydroxyl groups is 1. The molecule has 0 unspecified atom stereocenters. The molecule has 0 aliphatic carbocycles. The maximum Gasteiger partial charge on any atom is 0.215 e. The molecule has 19 heavy (non-hydrogen) atoms. The Kier molecular flexibility index (Phi) is 2.72. The third-order valence-electron chi connectivity index (χ3n) is 2.85. The first-order valence-corrected chi connectivity index (χ1v) is 6.00. The summed E-state index contributed by atoms with van der Waals surface area (Å²) in [4.78, 5) is 16.6. The lowest BCUT2D eigenvalue weighted by Gasteiger charge is -2.04. The van der Waals surface area contributed by atoms with Crippen LogP contribution < -0.4 is 0 Å². The highest BCUT2D eigenvalue weighted by Crippen LogP contribution is 2.24. The van der Waals surface area contributed by atoms with Crippen LogP contribution >= 0.6 is 11.6 Å². The van der Waals surface area contributed by atoms with Gasteiger partial charge in [-0.3, -0.25) is 9.20 Å². The zero-order chi connectivity index (χ0) is 13.4. The molecular formula is C14H9ClN2O2. The van der Waals surface area contributed by atoms with Crippen LogP contribution in [0, 0.1) is 0 Å². The summed E-state index contributed by atoms with van der Waals surface area (Å²) in [7, 11) is 0. The Hall–Kier alpha value is -2.33. The Bertz CT molecular complexity index is 780. The van der Waals surface area contributed by atoms with Gasteiger partial charge in [0.15, 0.2) is 0 Å². The van der Waals surface area contributed by atoms with E-state index in [0.717, 1.165) is 0 Å². The fraction of sp³-hybridized carbons (Fsp3) is 0. The number of nitrogens with zero attached hydrogens (tertiary/aromatic N) is 2. The Morgan fingerprint density at radius 1 is 1.26 bits per heavy atom. The number of phenolic OH excluding ortho intramolecular Hbond substituents is 1. The fourth-order valence-corrected chi connectivity index (χ4v) is 2.10. The van der Waals surface area contributed by atoms with Crippen LogP contribution in [0.2, 0.25) is 5.02 Å². The first-order chi connectivity index (χ1) is 9.16. The number of halogens is 1. The highest BCUT2D eigenvalue weighted by atomic mass is 35.5. The number of phenols is 1. The lowest BCUT2D eigenvalue weighted by atomic mass is 10.1. The van der Waals surface area contributed by atoms with Gasteiger partial charge in [0.1, 0.15) is 17.1 Å². The van der Waals surface area contributed by atoms with Gasteiger partial charge in [0.25, 0.3) is 0 Å². The first-order valence-electron chi connectivity index (χ1n) is 5.62. The second-order valence-corrected chi connectivity index (χ2v) is 4.50. The van der Waals surface area contributed by atoms with Crippen molar-refractivity contribution in [3.8, 4) is 5.75 Å². The maximum absolute atomic E-state index is 12.4. The SMILES string of the molecule is O=C(c1cc(Cl)ccc1O)c1cnc2ccccn12. The van der Waals surface area contributed by atoms with Gasteiger partial charge in [0.2, 0.25) is 5.78 Å². The Balaban J connectivity index is 2.16. The van der Waals surface area contributed by atoms with Crippen LogP contribution in [-0.2, 0) is 0 Å². The van der Waals surface area contributed by atoms with E-state index in [2.05, 4.69) is 4.98 Å². The molecule has 0 bridgehead atoms. The number of imidazole rings is 1. The number of hydrogen-bond acceptors (Lipinski definition) is 3. The van der Waals surface area contributed by atoms with E-state index in [-0.39, 0.29) is 17.1 Å². The minimum Gasteiger partial charge on any atom is -0.507 e. The summed E-state index contributed by atoms with van der Waals surface area (Å²) in [6.45, 7) is 0. The lowest BCUT2D eigenvalue weighted by molar-refractivity contribution is 0.103. The molecule has 0 aliphatic rings. The minimum absolute atomic E-state index is 0.0970. The Morgan fingerprint density at radius 3 is 2.95 bits per heavy atom. The van der Waals surface area contributed by atoms with Gasteiger partial charge in [-0.25, -0.2) is 4.98 Å². The molecule has 0 fully saturated rings. The van der Waals surface area contributed by atoms with Gasteiger partial charge in [0, 0.05) is 11.2 Å². The van der Waals surface area contributed by atoms with Gasteiger partial charge < -0.3 is 5.11 Å². The van der Waals surface area contributed by atoms with Crippen molar-refractivity contribution in [2.24, 2.45) is 0 Å². The summed E-state index contributed by atoms with van der Waals surface area (Å²) < 4.78 is 1.67. The van der Waals surface area contributed by atoms with Crippen molar-refractivity contribution < 1.29 is 9.90 Å². The van der Waals surface area contributed by atoms with Gasteiger partial charge >= 0.3 is 0 Å². The minimum atomic E-state index is -0.321. The van der Waals surface area contributed by atoms with Crippen molar-refractivity contribution in [1.82, 2.24) is 9.38 Å². The van der Waals surface area contributed by atoms with Gasteiger partial charge in [-0.05, 0) is 30.3 Å². The van der Waals surface area contributed by atoms with Crippen LogP contribution in [0.25, 0.3) is 5.65 Å². The van der Waals surface area contributed by atoms with Crippen molar-refractivity contribution in [1.29, 1.82) is 0 Å². The molecule has 2 heterocycles. The van der Waals surface area contributed by atoms with Gasteiger partial charge in [-0.1, -0.05) is 17.7 Å². The number of pyridine rings is 1. The van der Waals surface area contributed by atoms with E-state index in [1.807, 2.05) is 12.1 Å². The zero-order valence-corrected chi connectivity index (χ0v) is 10.5. The summed E-state index contributed by atoms with van der Waals surface area (Å²) in [5, 5.41) is 10.2. The number of ketones is 1. The van der Waals surface area contributed by atoms with Crippen LogP contribution in [0.3, 0.4) is 0 Å². The molecule has 1 N–H and O–H groups in total. The van der Waals surface area contributed by atoms with Crippen molar-refractivity contribution in [2.75, 3.05) is 0 Å². The van der Waals surface area contributed by atoms with Crippen molar-refractivity contribution in [3.63, 3.8) is 0 Å². The lowest BCUT2D eigenvalue weighted by Crippen LogP contribution is -2.05. The number of carbonyl (C=O) groups excluding carboxylic acids is 1. The molecule has 3 aromatic rings. The number of rotatable bonds is 2. The zero-order valence-electron chi connectivity index (χ0n) is 9.75. The number of hydrogen-bond donors (Lipinski definition) is 1. The first kappa shape index (κ1) is 11.7. The van der Waals surface area contributed by atoms with Crippen molar-refractivity contribution in [2.45, 2.75) is 0 Å². The van der Waals surface area contributed by atoms with Crippen LogP contribution in [0.5, 0.6) is 5.75 Å². The van der Waals surface area contributed by atoms with Crippen LogP contribution in [-0.4, -0.2) is 20.3 Å². The molecule has 0 amide bonds. The molecule has 0 spiro atoms. The molecule has 5 heteroatoms. The topological polar surface area (TPSA) is 54.6 Å². The molecule has 2 aromatic heterocycles. The molecule has 1 aromatic carbocycles. The summed E-state index contributed by atoms with van der Waals surface area (Å²) in [5.41, 5.74) is 1.22. The smallest absolute Gasteiger partial charge is 0.215 e. The summed E-state index contributed by atoms with van der Waals surface area (Å²) in [6.07, 6.45) is 3.23. The summed E-state index contributed by atoms with van der Waals surface area (Å²) in [6, 6.07) is 9.83. The maximum atomic E-state index is 12.4. The standard InChI is InChI=1S/C14H9ClN2O2/c15-9-4-5-12(18)10(7-9)14(19)11-8-16-13-3-1-2-6-17(11)13/h1-8,18H.